The van der Waals surface area contributed by atoms with Gasteiger partial charge in [-0.05, 0) is 197 Å². The van der Waals surface area contributed by atoms with Crippen LogP contribution in [0, 0.1) is 0 Å². The Morgan fingerprint density at radius 1 is 0.407 bits per heavy atom. The molecule has 0 spiro atoms. The first kappa shape index (κ1) is 51.1. The molecular weight excluding hydrogens is 1050 g/mol. The maximum Gasteiger partial charge on any atom is 0.135 e. The van der Waals surface area contributed by atoms with Gasteiger partial charge in [0.25, 0.3) is 0 Å². The monoisotopic (exact) mass is 1110 g/mol. The van der Waals surface area contributed by atoms with Gasteiger partial charge in [0.1, 0.15) is 22.7 Å². The molecule has 2 unspecified atom stereocenters. The van der Waals surface area contributed by atoms with Crippen LogP contribution in [0.5, 0.6) is 0 Å². The molecule has 86 heavy (non-hydrogen) atoms. The topological polar surface area (TPSA) is 40.9 Å². The third-order valence-corrected chi connectivity index (χ3v) is 17.9. The van der Waals surface area contributed by atoms with E-state index in [0.717, 1.165) is 95.6 Å². The van der Waals surface area contributed by atoms with Gasteiger partial charge in [-0.25, -0.2) is 0 Å². The van der Waals surface area contributed by atoms with Gasteiger partial charge in [0.2, 0.25) is 0 Å². The third kappa shape index (κ3) is 8.62. The fraction of sp³-hybridized carbons (Fsp3) is 0.100. The van der Waals surface area contributed by atoms with Crippen LogP contribution in [0.15, 0.2) is 294 Å². The summed E-state index contributed by atoms with van der Waals surface area (Å²) in [5, 5.41) is 7.14. The molecule has 0 saturated heterocycles. The summed E-state index contributed by atoms with van der Waals surface area (Å²) in [4.78, 5) is 7.38. The summed E-state index contributed by atoms with van der Waals surface area (Å²) in [6.45, 7) is 9.02. The molecule has 0 fully saturated rings. The normalized spacial score (nSPS) is 14.7. The van der Waals surface area contributed by atoms with Crippen molar-refractivity contribution in [3.63, 3.8) is 0 Å². The highest BCUT2D eigenvalue weighted by Crippen LogP contribution is 2.54. The van der Waals surface area contributed by atoms with Gasteiger partial charge in [-0.1, -0.05) is 149 Å². The van der Waals surface area contributed by atoms with Crippen LogP contribution < -0.4 is 14.7 Å². The molecule has 0 amide bonds. The van der Waals surface area contributed by atoms with Crippen LogP contribution in [0.4, 0.5) is 39.8 Å². The number of allylic oxidation sites excluding steroid dienone is 1. The number of aromatic nitrogens is 1. The average Bonchev–Trinajstić information content (AvgIpc) is 3.08. The quantitative estimate of drug-likeness (QED) is 0.122. The molecule has 0 bridgehead atoms. The fourth-order valence-corrected chi connectivity index (χ4v) is 13.5. The average molecular weight is 1110 g/mol. The first-order chi connectivity index (χ1) is 42.3. The highest BCUT2D eigenvalue weighted by Gasteiger charge is 2.41. The number of fused-ring (bicyclic) bond motifs is 11. The molecule has 2 atom stereocenters. The van der Waals surface area contributed by atoms with Gasteiger partial charge in [-0.15, -0.1) is 0 Å². The largest absolute Gasteiger partial charge is 0.456 e. The van der Waals surface area contributed by atoms with E-state index >= 15 is 0 Å². The van der Waals surface area contributed by atoms with Gasteiger partial charge in [0, 0.05) is 89.8 Å². The van der Waals surface area contributed by atoms with Crippen molar-refractivity contribution in [2.24, 2.45) is 0 Å². The van der Waals surface area contributed by atoms with E-state index in [9.17, 15) is 0 Å². The number of hydrogen-bond acceptors (Lipinski definition) is 5. The Kier molecular flexibility index (Phi) is 12.3. The van der Waals surface area contributed by atoms with Crippen LogP contribution in [-0.2, 0) is 0 Å². The molecule has 1 aliphatic carbocycles. The van der Waals surface area contributed by atoms with Crippen molar-refractivity contribution in [2.45, 2.75) is 51.5 Å². The third-order valence-electron chi connectivity index (χ3n) is 17.9. The molecule has 0 saturated carbocycles. The van der Waals surface area contributed by atoms with Crippen LogP contribution in [0.3, 0.4) is 0 Å². The number of benzene rings is 11. The van der Waals surface area contributed by atoms with Gasteiger partial charge >= 0.3 is 0 Å². The van der Waals surface area contributed by atoms with Crippen LogP contribution in [0.1, 0.15) is 62.1 Å². The van der Waals surface area contributed by atoms with Gasteiger partial charge in [-0.2, -0.15) is 0 Å². The first-order valence-electron chi connectivity index (χ1n) is 30.1. The predicted octanol–water partition coefficient (Wildman–Crippen LogP) is 22.4. The number of anilines is 7. The van der Waals surface area contributed by atoms with Crippen molar-refractivity contribution in [3.8, 4) is 28.3 Å². The molecule has 11 aromatic carbocycles. The highest BCUT2D eigenvalue weighted by atomic mass is 16.3. The SMILES string of the molecule is CC(C)c1ccc(N(C2=CC3C(C=C2)c2c(ccc4c2ccc2c4c4ccc(N(c5ccc(-c6cc7ccccc7o6)cc5)c5ccc(C(C)C)cc5)cc4n2-c2ccccc2)N3c2ccccc2)c2ccc(-c3cc4ccccc4o3)cc2)cc1. The van der Waals surface area contributed by atoms with Crippen LogP contribution >= 0.6 is 0 Å². The Morgan fingerprint density at radius 2 is 0.895 bits per heavy atom. The molecule has 6 nitrogen and oxygen atoms in total. The smallest absolute Gasteiger partial charge is 0.135 e. The van der Waals surface area contributed by atoms with E-state index in [-0.39, 0.29) is 12.0 Å². The summed E-state index contributed by atoms with van der Waals surface area (Å²) in [5.41, 5.74) is 20.1. The number of para-hydroxylation sites is 4. The lowest BCUT2D eigenvalue weighted by Crippen LogP contribution is -2.31. The van der Waals surface area contributed by atoms with Gasteiger partial charge in [0.05, 0.1) is 17.1 Å². The molecular formula is C80H62N4O2. The summed E-state index contributed by atoms with van der Waals surface area (Å²) < 4.78 is 15.2. The maximum absolute atomic E-state index is 6.35. The Labute approximate surface area is 501 Å². The zero-order chi connectivity index (χ0) is 57.6. The second-order valence-corrected chi connectivity index (χ2v) is 23.7. The number of hydrogen-bond donors (Lipinski definition) is 0. The second kappa shape index (κ2) is 20.6. The van der Waals surface area contributed by atoms with E-state index in [4.69, 9.17) is 8.83 Å². The summed E-state index contributed by atoms with van der Waals surface area (Å²) in [7, 11) is 0. The Balaban J connectivity index is 0.833. The summed E-state index contributed by atoms with van der Waals surface area (Å²) >= 11 is 0. The lowest BCUT2D eigenvalue weighted by Gasteiger charge is -2.34. The zero-order valence-electron chi connectivity index (χ0n) is 48.5. The van der Waals surface area contributed by atoms with Crippen LogP contribution in [0.25, 0.3) is 82.9 Å². The summed E-state index contributed by atoms with van der Waals surface area (Å²) in [6, 6.07) is 94.9. The second-order valence-electron chi connectivity index (χ2n) is 23.7. The van der Waals surface area contributed by atoms with E-state index < -0.39 is 0 Å². The molecule has 1 aliphatic heterocycles. The van der Waals surface area contributed by atoms with E-state index in [0.29, 0.717) is 11.8 Å². The minimum atomic E-state index is -0.0115. The van der Waals surface area contributed by atoms with Crippen molar-refractivity contribution in [1.29, 1.82) is 0 Å². The Hall–Kier alpha value is -10.6. The fourth-order valence-electron chi connectivity index (χ4n) is 13.5. The van der Waals surface area contributed by atoms with Crippen LogP contribution in [-0.4, -0.2) is 10.6 Å². The van der Waals surface area contributed by atoms with E-state index in [1.54, 1.807) is 0 Å². The van der Waals surface area contributed by atoms with E-state index in [1.807, 2.05) is 24.3 Å². The molecule has 2 aliphatic rings. The van der Waals surface area contributed by atoms with Gasteiger partial charge in [-0.3, -0.25) is 0 Å². The van der Waals surface area contributed by atoms with Crippen molar-refractivity contribution >= 4 is 94.3 Å². The Bertz CT molecular complexity index is 4870. The number of nitrogens with zero attached hydrogens (tertiary/aromatic N) is 4. The summed E-state index contributed by atoms with van der Waals surface area (Å²) in [6.07, 6.45) is 7.33. The molecule has 16 rings (SSSR count). The Morgan fingerprint density at radius 3 is 1.45 bits per heavy atom. The molecule has 0 radical (unpaired) electrons. The summed E-state index contributed by atoms with van der Waals surface area (Å²) in [5.74, 6) is 2.62. The van der Waals surface area contributed by atoms with E-state index in [1.165, 1.54) is 49.4 Å². The number of furan rings is 2. The molecule has 6 heteroatoms. The lowest BCUT2D eigenvalue weighted by atomic mass is 9.86. The molecule has 414 valence electrons. The minimum Gasteiger partial charge on any atom is -0.456 e. The van der Waals surface area contributed by atoms with E-state index in [2.05, 4.69) is 302 Å². The van der Waals surface area contributed by atoms with Crippen molar-refractivity contribution < 1.29 is 8.83 Å². The van der Waals surface area contributed by atoms with Crippen LogP contribution in [0.2, 0.25) is 0 Å². The van der Waals surface area contributed by atoms with Gasteiger partial charge in [0.15, 0.2) is 0 Å². The lowest BCUT2D eigenvalue weighted by molar-refractivity contribution is 0.631. The zero-order valence-corrected chi connectivity index (χ0v) is 48.5. The van der Waals surface area contributed by atoms with Gasteiger partial charge < -0.3 is 28.1 Å². The van der Waals surface area contributed by atoms with Crippen molar-refractivity contribution in [1.82, 2.24) is 4.57 Å². The first-order valence-corrected chi connectivity index (χ1v) is 30.1. The number of rotatable bonds is 12. The maximum atomic E-state index is 6.35. The molecule has 14 aromatic rings. The molecule has 4 heterocycles. The standard InChI is InChI=1S/C80H62N4O2/c1-51(2)53-23-31-61(32-24-53)81(63-35-27-55(28-36-63)77-47-57-15-11-13-21-75(57)85-77)65-39-41-69-73(49-65)83(59-17-7-5-8-18-59)71-45-43-68-67(79(69)71)44-46-72-80(68)70-42-40-66(50-74(70)84(72)60-19-9-6-10-20-60)82(62-33-25-54(26-34-62)52(3)4)64-37-29-56(30-38-64)78-48-58-16-12-14-22-76(58)86-78/h5-52,69,73H,1-4H3. The highest BCUT2D eigenvalue weighted by molar-refractivity contribution is 6.23. The predicted molar refractivity (Wildman–Crippen MR) is 359 cm³/mol. The van der Waals surface area contributed by atoms with Crippen molar-refractivity contribution in [2.75, 3.05) is 14.7 Å². The molecule has 3 aromatic heterocycles. The minimum absolute atomic E-state index is 0.0115. The molecule has 0 N–H and O–H groups in total. The van der Waals surface area contributed by atoms with Crippen molar-refractivity contribution in [3.05, 3.63) is 301 Å².